The lowest BCUT2D eigenvalue weighted by Gasteiger charge is -2.35. The average molecular weight is 375 g/mol. The second-order valence-corrected chi connectivity index (χ2v) is 10.7. The van der Waals surface area contributed by atoms with Crippen molar-refractivity contribution in [3.05, 3.63) is 29.8 Å². The van der Waals surface area contributed by atoms with Crippen LogP contribution in [0.2, 0.25) is 0 Å². The third-order valence-electron chi connectivity index (χ3n) is 4.87. The van der Waals surface area contributed by atoms with E-state index >= 15 is 0 Å². The minimum Gasteiger partial charge on any atom is -0.386 e. The van der Waals surface area contributed by atoms with Crippen LogP contribution in [0.4, 0.5) is 0 Å². The normalized spacial score (nSPS) is 28.9. The number of sulfonamides is 1. The summed E-state index contributed by atoms with van der Waals surface area (Å²) in [6.45, 7) is 3.56. The second kappa shape index (κ2) is 6.38. The molecular formula is C15H23N2O5S2+. The molecule has 0 spiro atoms. The Morgan fingerprint density at radius 1 is 1.12 bits per heavy atom. The van der Waals surface area contributed by atoms with Crippen LogP contribution in [0.15, 0.2) is 29.2 Å². The zero-order chi connectivity index (χ0) is 17.5. The van der Waals surface area contributed by atoms with Crippen molar-refractivity contribution in [1.29, 1.82) is 0 Å². The number of nitrogens with one attached hydrogen (secondary N) is 1. The molecular weight excluding hydrogens is 352 g/mol. The number of hydrogen-bond acceptors (Lipinski definition) is 5. The fraction of sp³-hybridized carbons (Fsp3) is 0.600. The Hall–Kier alpha value is -1.00. The molecule has 2 heterocycles. The van der Waals surface area contributed by atoms with E-state index in [9.17, 15) is 21.9 Å². The summed E-state index contributed by atoms with van der Waals surface area (Å²) in [7, 11) is -6.71. The number of aliphatic hydroxyl groups is 1. The number of aryl methyl sites for hydroxylation is 1. The Bertz CT molecular complexity index is 797. The van der Waals surface area contributed by atoms with Crippen LogP contribution in [0.25, 0.3) is 0 Å². The van der Waals surface area contributed by atoms with E-state index in [0.29, 0.717) is 26.2 Å². The van der Waals surface area contributed by atoms with Gasteiger partial charge in [-0.2, -0.15) is 4.31 Å². The summed E-state index contributed by atoms with van der Waals surface area (Å²) in [6, 6.07) is 6.41. The molecule has 1 aromatic carbocycles. The van der Waals surface area contributed by atoms with Crippen LogP contribution < -0.4 is 4.90 Å². The number of piperazine rings is 1. The SMILES string of the molecule is Cc1ccc(S(=O)(=O)N2CC[NH+]([C@H]3CS(=O)(=O)C[C@H]3O)CC2)cc1. The summed E-state index contributed by atoms with van der Waals surface area (Å²) < 4.78 is 50.1. The number of aliphatic hydroxyl groups excluding tert-OH is 1. The molecule has 24 heavy (non-hydrogen) atoms. The van der Waals surface area contributed by atoms with E-state index in [1.165, 1.54) is 4.31 Å². The maximum atomic E-state index is 12.7. The summed E-state index contributed by atoms with van der Waals surface area (Å²) in [5.74, 6) is -0.208. The molecule has 3 rings (SSSR count). The molecule has 0 amide bonds. The lowest BCUT2D eigenvalue weighted by molar-refractivity contribution is -0.928. The Balaban J connectivity index is 1.68. The van der Waals surface area contributed by atoms with Crippen LogP contribution in [0.1, 0.15) is 5.56 Å². The third-order valence-corrected chi connectivity index (χ3v) is 8.50. The van der Waals surface area contributed by atoms with Crippen LogP contribution in [0.3, 0.4) is 0 Å². The predicted octanol–water partition coefficient (Wildman–Crippen LogP) is -1.96. The van der Waals surface area contributed by atoms with Crippen LogP contribution >= 0.6 is 0 Å². The van der Waals surface area contributed by atoms with Gasteiger partial charge in [0.1, 0.15) is 17.9 Å². The summed E-state index contributed by atoms with van der Waals surface area (Å²) >= 11 is 0. The highest BCUT2D eigenvalue weighted by Gasteiger charge is 2.44. The maximum absolute atomic E-state index is 12.7. The lowest BCUT2D eigenvalue weighted by Crippen LogP contribution is -3.19. The zero-order valence-corrected chi connectivity index (χ0v) is 15.2. The minimum atomic E-state index is -3.52. The van der Waals surface area contributed by atoms with E-state index in [0.717, 1.165) is 10.5 Å². The number of rotatable bonds is 3. The van der Waals surface area contributed by atoms with Crippen molar-refractivity contribution < 1.29 is 26.8 Å². The van der Waals surface area contributed by atoms with Crippen molar-refractivity contribution >= 4 is 19.9 Å². The van der Waals surface area contributed by atoms with Gasteiger partial charge in [-0.05, 0) is 19.1 Å². The van der Waals surface area contributed by atoms with E-state index in [4.69, 9.17) is 0 Å². The third kappa shape index (κ3) is 3.50. The molecule has 2 N–H and O–H groups in total. The summed E-state index contributed by atoms with van der Waals surface area (Å²) in [5, 5.41) is 9.97. The quantitative estimate of drug-likeness (QED) is 0.640. The molecule has 0 radical (unpaired) electrons. The topological polar surface area (TPSA) is 96.2 Å². The lowest BCUT2D eigenvalue weighted by atomic mass is 10.1. The molecule has 2 saturated heterocycles. The fourth-order valence-electron chi connectivity index (χ4n) is 3.46. The minimum absolute atomic E-state index is 0.0196. The highest BCUT2D eigenvalue weighted by molar-refractivity contribution is 7.91. The van der Waals surface area contributed by atoms with Gasteiger partial charge in [0.2, 0.25) is 10.0 Å². The molecule has 134 valence electrons. The number of hydrogen-bond donors (Lipinski definition) is 2. The van der Waals surface area contributed by atoms with Crippen LogP contribution in [-0.2, 0) is 19.9 Å². The number of benzene rings is 1. The van der Waals surface area contributed by atoms with Gasteiger partial charge in [-0.1, -0.05) is 17.7 Å². The first-order valence-electron chi connectivity index (χ1n) is 7.99. The van der Waals surface area contributed by atoms with E-state index in [1.807, 2.05) is 6.92 Å². The Morgan fingerprint density at radius 3 is 2.21 bits per heavy atom. The molecule has 9 heteroatoms. The van der Waals surface area contributed by atoms with E-state index in [2.05, 4.69) is 0 Å². The fourth-order valence-corrected chi connectivity index (χ4v) is 6.80. The van der Waals surface area contributed by atoms with Crippen molar-refractivity contribution in [2.45, 2.75) is 24.0 Å². The zero-order valence-electron chi connectivity index (χ0n) is 13.6. The van der Waals surface area contributed by atoms with E-state index < -0.39 is 26.0 Å². The molecule has 0 aliphatic carbocycles. The molecule has 2 aliphatic rings. The van der Waals surface area contributed by atoms with Crippen molar-refractivity contribution in [1.82, 2.24) is 4.31 Å². The van der Waals surface area contributed by atoms with Gasteiger partial charge in [0.15, 0.2) is 9.84 Å². The first-order valence-corrected chi connectivity index (χ1v) is 11.2. The maximum Gasteiger partial charge on any atom is 0.243 e. The van der Waals surface area contributed by atoms with Crippen molar-refractivity contribution in [2.75, 3.05) is 37.7 Å². The van der Waals surface area contributed by atoms with Gasteiger partial charge < -0.3 is 10.0 Å². The van der Waals surface area contributed by atoms with Crippen molar-refractivity contribution in [3.63, 3.8) is 0 Å². The standard InChI is InChI=1S/C15H22N2O5S2/c1-12-2-4-13(5-3-12)24(21,22)17-8-6-16(7-9-17)14-10-23(19,20)11-15(14)18/h2-5,14-15,18H,6-11H2,1H3/p+1/t14-,15+/m0/s1. The van der Waals surface area contributed by atoms with Crippen molar-refractivity contribution in [3.8, 4) is 0 Å². The van der Waals surface area contributed by atoms with Gasteiger partial charge in [0.05, 0.1) is 36.8 Å². The summed E-state index contributed by atoms with van der Waals surface area (Å²) in [4.78, 5) is 1.25. The van der Waals surface area contributed by atoms with Gasteiger partial charge in [0.25, 0.3) is 0 Å². The molecule has 2 fully saturated rings. The monoisotopic (exact) mass is 375 g/mol. The smallest absolute Gasteiger partial charge is 0.243 e. The molecule has 1 aromatic rings. The Labute approximate surface area is 142 Å². The largest absolute Gasteiger partial charge is 0.386 e. The van der Waals surface area contributed by atoms with Gasteiger partial charge in [0, 0.05) is 0 Å². The summed E-state index contributed by atoms with van der Waals surface area (Å²) in [6.07, 6.45) is -0.856. The number of quaternary nitrogens is 1. The first-order chi connectivity index (χ1) is 11.2. The van der Waals surface area contributed by atoms with Gasteiger partial charge in [-0.3, -0.25) is 0 Å². The van der Waals surface area contributed by atoms with Crippen LogP contribution in [0, 0.1) is 6.92 Å². The molecule has 0 aromatic heterocycles. The molecule has 0 bridgehead atoms. The molecule has 2 aliphatic heterocycles. The second-order valence-electron chi connectivity index (χ2n) is 6.63. The van der Waals surface area contributed by atoms with Gasteiger partial charge >= 0.3 is 0 Å². The average Bonchev–Trinajstić information content (AvgIpc) is 2.81. The van der Waals surface area contributed by atoms with Crippen LogP contribution in [0.5, 0.6) is 0 Å². The number of sulfone groups is 1. The molecule has 2 atom stereocenters. The predicted molar refractivity (Wildman–Crippen MR) is 89.1 cm³/mol. The van der Waals surface area contributed by atoms with Gasteiger partial charge in [-0.25, -0.2) is 16.8 Å². The highest BCUT2D eigenvalue weighted by Crippen LogP contribution is 2.17. The highest BCUT2D eigenvalue weighted by atomic mass is 32.2. The summed E-state index contributed by atoms with van der Waals surface area (Å²) in [5.41, 5.74) is 1.000. The van der Waals surface area contributed by atoms with Gasteiger partial charge in [-0.15, -0.1) is 0 Å². The first kappa shape index (κ1) is 17.8. The Kier molecular flexibility index (Phi) is 4.73. The van der Waals surface area contributed by atoms with Crippen LogP contribution in [-0.4, -0.2) is 76.1 Å². The Morgan fingerprint density at radius 2 is 1.71 bits per heavy atom. The molecule has 0 saturated carbocycles. The molecule has 7 nitrogen and oxygen atoms in total. The van der Waals surface area contributed by atoms with E-state index in [1.54, 1.807) is 24.3 Å². The van der Waals surface area contributed by atoms with Crippen molar-refractivity contribution in [2.24, 2.45) is 0 Å². The molecule has 0 unspecified atom stereocenters. The van der Waals surface area contributed by atoms with E-state index in [-0.39, 0.29) is 22.4 Å². The number of nitrogens with zero attached hydrogens (tertiary/aromatic N) is 1.